The van der Waals surface area contributed by atoms with Crippen LogP contribution in [0.1, 0.15) is 21.5 Å². The molecular formula is C15H13ClN2O2. The number of hydrazone groups is 1. The van der Waals surface area contributed by atoms with Crippen LogP contribution in [0.4, 0.5) is 0 Å². The van der Waals surface area contributed by atoms with Crippen LogP contribution in [0, 0.1) is 0 Å². The molecule has 0 atom stereocenters. The molecule has 0 unspecified atom stereocenters. The Labute approximate surface area is 121 Å². The van der Waals surface area contributed by atoms with Crippen molar-refractivity contribution in [3.05, 3.63) is 70.2 Å². The van der Waals surface area contributed by atoms with Crippen molar-refractivity contribution in [2.75, 3.05) is 0 Å². The van der Waals surface area contributed by atoms with Crippen LogP contribution >= 0.6 is 11.6 Å². The Bertz CT molecular complexity index is 641. The van der Waals surface area contributed by atoms with Crippen LogP contribution in [-0.2, 0) is 6.61 Å². The second-order valence-corrected chi connectivity index (χ2v) is 4.44. The third-order valence-corrected chi connectivity index (χ3v) is 3.05. The zero-order chi connectivity index (χ0) is 14.4. The fourth-order valence-corrected chi connectivity index (χ4v) is 1.86. The van der Waals surface area contributed by atoms with Gasteiger partial charge in [-0.1, -0.05) is 48.0 Å². The normalized spacial score (nSPS) is 10.7. The molecule has 0 saturated carbocycles. The topological polar surface area (TPSA) is 61.7 Å². The molecule has 0 aliphatic rings. The van der Waals surface area contributed by atoms with Gasteiger partial charge in [-0.15, -0.1) is 0 Å². The standard InChI is InChI=1S/C15H13ClN2O2/c16-14-8-4-2-5-11(14)9-17-18-15(20)13-7-3-1-6-12(13)10-19/h1-9,19H,10H2,(H,18,20). The largest absolute Gasteiger partial charge is 0.392 e. The van der Waals surface area contributed by atoms with E-state index in [2.05, 4.69) is 10.5 Å². The molecule has 0 spiro atoms. The van der Waals surface area contributed by atoms with Crippen LogP contribution in [-0.4, -0.2) is 17.2 Å². The van der Waals surface area contributed by atoms with Gasteiger partial charge >= 0.3 is 0 Å². The number of halogens is 1. The molecular weight excluding hydrogens is 276 g/mol. The highest BCUT2D eigenvalue weighted by Gasteiger charge is 2.08. The molecule has 0 aliphatic carbocycles. The fourth-order valence-electron chi connectivity index (χ4n) is 1.68. The third kappa shape index (κ3) is 3.44. The highest BCUT2D eigenvalue weighted by atomic mass is 35.5. The lowest BCUT2D eigenvalue weighted by molar-refractivity contribution is 0.0952. The van der Waals surface area contributed by atoms with Crippen LogP contribution in [0.15, 0.2) is 53.6 Å². The van der Waals surface area contributed by atoms with Crippen LogP contribution in [0.3, 0.4) is 0 Å². The van der Waals surface area contributed by atoms with Gasteiger partial charge in [0.15, 0.2) is 0 Å². The van der Waals surface area contributed by atoms with Gasteiger partial charge in [-0.3, -0.25) is 4.79 Å². The SMILES string of the molecule is O=C(NN=Cc1ccccc1Cl)c1ccccc1CO. The Morgan fingerprint density at radius 1 is 1.20 bits per heavy atom. The van der Waals surface area contributed by atoms with Crippen molar-refractivity contribution in [3.8, 4) is 0 Å². The Hall–Kier alpha value is -2.17. The molecule has 0 heterocycles. The first kappa shape index (κ1) is 14.2. The first-order valence-electron chi connectivity index (χ1n) is 5.99. The zero-order valence-corrected chi connectivity index (χ0v) is 11.3. The number of nitrogens with one attached hydrogen (secondary N) is 1. The maximum absolute atomic E-state index is 11.9. The van der Waals surface area contributed by atoms with Gasteiger partial charge in [0, 0.05) is 16.1 Å². The van der Waals surface area contributed by atoms with E-state index in [1.165, 1.54) is 6.21 Å². The molecule has 0 saturated heterocycles. The minimum Gasteiger partial charge on any atom is -0.392 e. The molecule has 0 aromatic heterocycles. The quantitative estimate of drug-likeness (QED) is 0.671. The summed E-state index contributed by atoms with van der Waals surface area (Å²) < 4.78 is 0. The Kier molecular flexibility index (Phi) is 4.87. The van der Waals surface area contributed by atoms with E-state index in [4.69, 9.17) is 11.6 Å². The summed E-state index contributed by atoms with van der Waals surface area (Å²) in [5.41, 5.74) is 4.07. The minimum atomic E-state index is -0.377. The van der Waals surface area contributed by atoms with Gasteiger partial charge < -0.3 is 5.11 Å². The van der Waals surface area contributed by atoms with E-state index >= 15 is 0 Å². The van der Waals surface area contributed by atoms with E-state index in [-0.39, 0.29) is 12.5 Å². The van der Waals surface area contributed by atoms with E-state index in [9.17, 15) is 9.90 Å². The summed E-state index contributed by atoms with van der Waals surface area (Å²) in [6.07, 6.45) is 1.47. The van der Waals surface area contributed by atoms with Crippen LogP contribution in [0.25, 0.3) is 0 Å². The summed E-state index contributed by atoms with van der Waals surface area (Å²) in [5.74, 6) is -0.377. The van der Waals surface area contributed by atoms with Gasteiger partial charge in [0.05, 0.1) is 12.8 Å². The van der Waals surface area contributed by atoms with E-state index in [0.29, 0.717) is 21.7 Å². The molecule has 0 radical (unpaired) electrons. The minimum absolute atomic E-state index is 0.197. The highest BCUT2D eigenvalue weighted by Crippen LogP contribution is 2.12. The first-order chi connectivity index (χ1) is 9.72. The van der Waals surface area contributed by atoms with Crippen molar-refractivity contribution in [1.82, 2.24) is 5.43 Å². The summed E-state index contributed by atoms with van der Waals surface area (Å²) in [6.45, 7) is -0.197. The summed E-state index contributed by atoms with van der Waals surface area (Å²) in [5, 5.41) is 13.6. The number of nitrogens with zero attached hydrogens (tertiary/aromatic N) is 1. The number of aliphatic hydroxyl groups is 1. The fraction of sp³-hybridized carbons (Fsp3) is 0.0667. The number of hydrogen-bond acceptors (Lipinski definition) is 3. The smallest absolute Gasteiger partial charge is 0.271 e. The van der Waals surface area contributed by atoms with Crippen molar-refractivity contribution in [2.24, 2.45) is 5.10 Å². The van der Waals surface area contributed by atoms with E-state index in [0.717, 1.165) is 0 Å². The summed E-state index contributed by atoms with van der Waals surface area (Å²) >= 11 is 5.97. The predicted molar refractivity (Wildman–Crippen MR) is 78.9 cm³/mol. The van der Waals surface area contributed by atoms with Crippen LogP contribution < -0.4 is 5.43 Å². The second-order valence-electron chi connectivity index (χ2n) is 4.04. The average Bonchev–Trinajstić information content (AvgIpc) is 2.49. The molecule has 1 amide bonds. The lowest BCUT2D eigenvalue weighted by Crippen LogP contribution is -2.19. The molecule has 4 nitrogen and oxygen atoms in total. The molecule has 2 rings (SSSR count). The maximum atomic E-state index is 11.9. The maximum Gasteiger partial charge on any atom is 0.271 e. The molecule has 5 heteroatoms. The molecule has 2 aromatic carbocycles. The first-order valence-corrected chi connectivity index (χ1v) is 6.37. The van der Waals surface area contributed by atoms with Gasteiger partial charge in [-0.2, -0.15) is 5.10 Å². The number of rotatable bonds is 4. The number of aliphatic hydroxyl groups excluding tert-OH is 1. The predicted octanol–water partition coefficient (Wildman–Crippen LogP) is 2.60. The lowest BCUT2D eigenvalue weighted by atomic mass is 10.1. The van der Waals surface area contributed by atoms with Crippen molar-refractivity contribution in [1.29, 1.82) is 0 Å². The van der Waals surface area contributed by atoms with Crippen LogP contribution in [0.5, 0.6) is 0 Å². The number of amides is 1. The van der Waals surface area contributed by atoms with Crippen molar-refractivity contribution in [3.63, 3.8) is 0 Å². The Balaban J connectivity index is 2.07. The third-order valence-electron chi connectivity index (χ3n) is 2.71. The van der Waals surface area contributed by atoms with Gasteiger partial charge in [0.25, 0.3) is 5.91 Å². The van der Waals surface area contributed by atoms with Crippen molar-refractivity contribution >= 4 is 23.7 Å². The second kappa shape index (κ2) is 6.84. The monoisotopic (exact) mass is 288 g/mol. The Morgan fingerprint density at radius 3 is 2.65 bits per heavy atom. The van der Waals surface area contributed by atoms with Gasteiger partial charge in [0.1, 0.15) is 0 Å². The molecule has 2 aromatic rings. The summed E-state index contributed by atoms with van der Waals surface area (Å²) in [4.78, 5) is 11.9. The van der Waals surface area contributed by atoms with Gasteiger partial charge in [0.2, 0.25) is 0 Å². The molecule has 0 bridgehead atoms. The highest BCUT2D eigenvalue weighted by molar-refractivity contribution is 6.33. The number of benzene rings is 2. The van der Waals surface area contributed by atoms with Crippen molar-refractivity contribution < 1.29 is 9.90 Å². The Morgan fingerprint density at radius 2 is 1.90 bits per heavy atom. The van der Waals surface area contributed by atoms with E-state index in [1.54, 1.807) is 36.4 Å². The van der Waals surface area contributed by atoms with Gasteiger partial charge in [-0.05, 0) is 17.7 Å². The van der Waals surface area contributed by atoms with E-state index < -0.39 is 0 Å². The average molecular weight is 289 g/mol. The van der Waals surface area contributed by atoms with Crippen molar-refractivity contribution in [2.45, 2.75) is 6.61 Å². The van der Waals surface area contributed by atoms with Crippen LogP contribution in [0.2, 0.25) is 5.02 Å². The molecule has 20 heavy (non-hydrogen) atoms. The summed E-state index contributed by atoms with van der Waals surface area (Å²) in [6, 6.07) is 14.0. The molecule has 2 N–H and O–H groups in total. The number of hydrogen-bond donors (Lipinski definition) is 2. The zero-order valence-electron chi connectivity index (χ0n) is 10.6. The number of carbonyl (C=O) groups excluding carboxylic acids is 1. The summed E-state index contributed by atoms with van der Waals surface area (Å²) in [7, 11) is 0. The van der Waals surface area contributed by atoms with Gasteiger partial charge in [-0.25, -0.2) is 5.43 Å². The molecule has 0 aliphatic heterocycles. The molecule has 0 fully saturated rings. The lowest BCUT2D eigenvalue weighted by Gasteiger charge is -2.05. The number of carbonyl (C=O) groups is 1. The van der Waals surface area contributed by atoms with E-state index in [1.807, 2.05) is 12.1 Å². The molecule has 102 valence electrons.